The fourth-order valence-electron chi connectivity index (χ4n) is 2.98. The van der Waals surface area contributed by atoms with Gasteiger partial charge in [0.15, 0.2) is 0 Å². The lowest BCUT2D eigenvalue weighted by molar-refractivity contribution is -0.142. The van der Waals surface area contributed by atoms with Gasteiger partial charge in [-0.25, -0.2) is 0 Å². The number of carboxylic acids is 1. The van der Waals surface area contributed by atoms with Crippen LogP contribution >= 0.6 is 0 Å². The summed E-state index contributed by atoms with van der Waals surface area (Å²) in [6.45, 7) is 3.65. The van der Waals surface area contributed by atoms with Gasteiger partial charge in [-0.1, -0.05) is 50.5 Å². The van der Waals surface area contributed by atoms with Crippen LogP contribution in [0.15, 0.2) is 36.4 Å². The van der Waals surface area contributed by atoms with Crippen LogP contribution in [-0.4, -0.2) is 23.7 Å². The van der Waals surface area contributed by atoms with Crippen LogP contribution in [0.5, 0.6) is 5.75 Å². The van der Waals surface area contributed by atoms with Gasteiger partial charge in [-0.3, -0.25) is 4.79 Å². The minimum Gasteiger partial charge on any atom is -0.494 e. The smallest absolute Gasteiger partial charge is 0.308 e. The Bertz CT molecular complexity index is 524. The van der Waals surface area contributed by atoms with E-state index in [9.17, 15) is 9.90 Å². The van der Waals surface area contributed by atoms with Crippen molar-refractivity contribution in [2.75, 3.05) is 6.61 Å². The molecule has 24 heavy (non-hydrogen) atoms. The molecule has 0 heterocycles. The standard InChI is InChI=1S/C20H29NO3/c1-2-3-4-7-14-24-17-12-10-16(11-13-17)15-21-19-9-6-5-8-18(19)20(22)23/h5-6,10-13,18-19,21H,2-4,7-9,14-15H2,1H3,(H,22,23). The number of ether oxygens (including phenoxy) is 1. The quantitative estimate of drug-likeness (QED) is 0.499. The third kappa shape index (κ3) is 6.00. The van der Waals surface area contributed by atoms with Crippen LogP contribution in [-0.2, 0) is 11.3 Å². The van der Waals surface area contributed by atoms with Crippen LogP contribution < -0.4 is 10.1 Å². The second-order valence-corrected chi connectivity index (χ2v) is 6.43. The molecule has 0 aliphatic heterocycles. The molecule has 132 valence electrons. The largest absolute Gasteiger partial charge is 0.494 e. The maximum Gasteiger partial charge on any atom is 0.308 e. The summed E-state index contributed by atoms with van der Waals surface area (Å²) in [6.07, 6.45) is 10.2. The van der Waals surface area contributed by atoms with Crippen LogP contribution in [0.3, 0.4) is 0 Å². The molecule has 1 aromatic carbocycles. The third-order valence-electron chi connectivity index (χ3n) is 4.51. The van der Waals surface area contributed by atoms with Gasteiger partial charge in [0.05, 0.1) is 12.5 Å². The average molecular weight is 331 g/mol. The lowest BCUT2D eigenvalue weighted by Gasteiger charge is -2.26. The van der Waals surface area contributed by atoms with Crippen molar-refractivity contribution in [2.24, 2.45) is 5.92 Å². The Balaban J connectivity index is 1.75. The SMILES string of the molecule is CCCCCCOc1ccc(CNC2CC=CCC2C(=O)O)cc1. The van der Waals surface area contributed by atoms with E-state index in [-0.39, 0.29) is 12.0 Å². The Morgan fingerprint density at radius 2 is 1.92 bits per heavy atom. The summed E-state index contributed by atoms with van der Waals surface area (Å²) in [4.78, 5) is 11.3. The first-order chi connectivity index (χ1) is 11.7. The maximum absolute atomic E-state index is 11.3. The second-order valence-electron chi connectivity index (χ2n) is 6.43. The molecular weight excluding hydrogens is 302 g/mol. The van der Waals surface area contributed by atoms with E-state index in [0.29, 0.717) is 13.0 Å². The lowest BCUT2D eigenvalue weighted by atomic mass is 9.89. The summed E-state index contributed by atoms with van der Waals surface area (Å²) in [5.41, 5.74) is 1.15. The van der Waals surface area contributed by atoms with Crippen LogP contribution in [0.2, 0.25) is 0 Å². The summed E-state index contributed by atoms with van der Waals surface area (Å²) < 4.78 is 5.74. The van der Waals surface area contributed by atoms with Crippen molar-refractivity contribution in [1.29, 1.82) is 0 Å². The molecule has 0 fully saturated rings. The molecule has 4 heteroatoms. The van der Waals surface area contributed by atoms with Crippen LogP contribution in [0.4, 0.5) is 0 Å². The van der Waals surface area contributed by atoms with Gasteiger partial charge in [0, 0.05) is 12.6 Å². The molecule has 2 N–H and O–H groups in total. The Kier molecular flexibility index (Phi) is 7.83. The predicted octanol–water partition coefficient (Wildman–Crippen LogP) is 4.15. The summed E-state index contributed by atoms with van der Waals surface area (Å²) in [5.74, 6) is -0.149. The summed E-state index contributed by atoms with van der Waals surface area (Å²) >= 11 is 0. The van der Waals surface area contributed by atoms with Crippen molar-refractivity contribution in [3.63, 3.8) is 0 Å². The normalized spacial score (nSPS) is 20.0. The molecule has 0 amide bonds. The molecule has 0 saturated carbocycles. The van der Waals surface area contributed by atoms with Crippen LogP contribution in [0.25, 0.3) is 0 Å². The van der Waals surface area contributed by atoms with Crippen LogP contribution in [0, 0.1) is 5.92 Å². The van der Waals surface area contributed by atoms with E-state index >= 15 is 0 Å². The summed E-state index contributed by atoms with van der Waals surface area (Å²) in [7, 11) is 0. The number of hydrogen-bond donors (Lipinski definition) is 2. The highest BCUT2D eigenvalue weighted by Gasteiger charge is 2.27. The summed E-state index contributed by atoms with van der Waals surface area (Å²) in [5, 5.41) is 12.7. The molecule has 0 spiro atoms. The van der Waals surface area contributed by atoms with Crippen molar-refractivity contribution in [1.82, 2.24) is 5.32 Å². The predicted molar refractivity (Wildman–Crippen MR) is 96.2 cm³/mol. The van der Waals surface area contributed by atoms with Crippen molar-refractivity contribution in [2.45, 2.75) is 58.0 Å². The zero-order valence-corrected chi connectivity index (χ0v) is 14.5. The van der Waals surface area contributed by atoms with Crippen molar-refractivity contribution in [3.05, 3.63) is 42.0 Å². The van der Waals surface area contributed by atoms with Gasteiger partial charge in [-0.15, -0.1) is 0 Å². The van der Waals surface area contributed by atoms with E-state index in [0.717, 1.165) is 30.8 Å². The first-order valence-corrected chi connectivity index (χ1v) is 9.03. The molecule has 0 radical (unpaired) electrons. The van der Waals surface area contributed by atoms with E-state index in [1.54, 1.807) is 0 Å². The molecule has 2 unspecified atom stereocenters. The molecule has 2 atom stereocenters. The van der Waals surface area contributed by atoms with Gasteiger partial charge < -0.3 is 15.2 Å². The maximum atomic E-state index is 11.3. The number of allylic oxidation sites excluding steroid dienone is 1. The van der Waals surface area contributed by atoms with Crippen LogP contribution in [0.1, 0.15) is 51.0 Å². The zero-order valence-electron chi connectivity index (χ0n) is 14.5. The number of hydrogen-bond acceptors (Lipinski definition) is 3. The number of nitrogens with one attached hydrogen (secondary N) is 1. The van der Waals surface area contributed by atoms with Gasteiger partial charge in [0.25, 0.3) is 0 Å². The third-order valence-corrected chi connectivity index (χ3v) is 4.51. The molecule has 0 aromatic heterocycles. The molecule has 1 aliphatic rings. The second kappa shape index (κ2) is 10.1. The fraction of sp³-hybridized carbons (Fsp3) is 0.550. The molecule has 0 bridgehead atoms. The minimum atomic E-state index is -0.719. The molecular formula is C20H29NO3. The van der Waals surface area contributed by atoms with E-state index in [2.05, 4.69) is 18.3 Å². The Hall–Kier alpha value is -1.81. The molecule has 4 nitrogen and oxygen atoms in total. The van der Waals surface area contributed by atoms with Crippen molar-refractivity contribution in [3.8, 4) is 5.75 Å². The van der Waals surface area contributed by atoms with Gasteiger partial charge >= 0.3 is 5.97 Å². The Morgan fingerprint density at radius 3 is 2.62 bits per heavy atom. The van der Waals surface area contributed by atoms with Crippen molar-refractivity contribution >= 4 is 5.97 Å². The molecule has 1 aliphatic carbocycles. The number of benzene rings is 1. The highest BCUT2D eigenvalue weighted by atomic mass is 16.5. The fourth-order valence-corrected chi connectivity index (χ4v) is 2.98. The zero-order chi connectivity index (χ0) is 17.2. The molecule has 2 rings (SSSR count). The van der Waals surface area contributed by atoms with E-state index < -0.39 is 5.97 Å². The Labute approximate surface area is 144 Å². The van der Waals surface area contributed by atoms with E-state index in [4.69, 9.17) is 4.74 Å². The van der Waals surface area contributed by atoms with E-state index in [1.807, 2.05) is 30.3 Å². The van der Waals surface area contributed by atoms with Gasteiger partial charge in [-0.2, -0.15) is 0 Å². The Morgan fingerprint density at radius 1 is 1.17 bits per heavy atom. The first kappa shape index (κ1) is 18.5. The number of rotatable bonds is 10. The van der Waals surface area contributed by atoms with Gasteiger partial charge in [0.2, 0.25) is 0 Å². The average Bonchev–Trinajstić information content (AvgIpc) is 2.61. The number of carbonyl (C=O) groups is 1. The highest BCUT2D eigenvalue weighted by molar-refractivity contribution is 5.71. The van der Waals surface area contributed by atoms with Gasteiger partial charge in [0.1, 0.15) is 5.75 Å². The molecule has 0 saturated heterocycles. The number of unbranched alkanes of at least 4 members (excludes halogenated alkanes) is 3. The lowest BCUT2D eigenvalue weighted by Crippen LogP contribution is -2.40. The summed E-state index contributed by atoms with van der Waals surface area (Å²) in [6, 6.07) is 8.08. The van der Waals surface area contributed by atoms with Crippen molar-refractivity contribution < 1.29 is 14.6 Å². The topological polar surface area (TPSA) is 58.6 Å². The minimum absolute atomic E-state index is 0.00184. The first-order valence-electron chi connectivity index (χ1n) is 9.03. The van der Waals surface area contributed by atoms with E-state index in [1.165, 1.54) is 19.3 Å². The monoisotopic (exact) mass is 331 g/mol. The number of carboxylic acid groups (broad SMARTS) is 1. The number of aliphatic carboxylic acids is 1. The van der Waals surface area contributed by atoms with Gasteiger partial charge in [-0.05, 0) is 37.0 Å². The highest BCUT2D eigenvalue weighted by Crippen LogP contribution is 2.20. The molecule has 1 aromatic rings.